The number of ether oxygens (including phenoxy) is 1. The molecule has 0 saturated heterocycles. The van der Waals surface area contributed by atoms with Crippen LogP contribution in [0.2, 0.25) is 0 Å². The number of hydrogen-bond acceptors (Lipinski definition) is 2. The van der Waals surface area contributed by atoms with E-state index in [1.807, 2.05) is 30.3 Å². The van der Waals surface area contributed by atoms with Gasteiger partial charge in [-0.05, 0) is 24.1 Å². The van der Waals surface area contributed by atoms with Crippen LogP contribution in [-0.2, 0) is 11.2 Å². The van der Waals surface area contributed by atoms with Gasteiger partial charge in [0.1, 0.15) is 5.75 Å². The number of allylic oxidation sites excluding steroid dienone is 1. The molecule has 0 saturated carbocycles. The molecule has 0 bridgehead atoms. The third kappa shape index (κ3) is 3.85. The van der Waals surface area contributed by atoms with E-state index in [4.69, 9.17) is 4.74 Å². The van der Waals surface area contributed by atoms with E-state index in [9.17, 15) is 4.79 Å². The van der Waals surface area contributed by atoms with Gasteiger partial charge in [0.15, 0.2) is 6.61 Å². The van der Waals surface area contributed by atoms with Crippen LogP contribution in [0.1, 0.15) is 5.56 Å². The van der Waals surface area contributed by atoms with Crippen molar-refractivity contribution in [2.24, 2.45) is 0 Å². The van der Waals surface area contributed by atoms with Crippen LogP contribution in [0.25, 0.3) is 0 Å². The Morgan fingerprint density at radius 3 is 2.67 bits per heavy atom. The van der Waals surface area contributed by atoms with Gasteiger partial charge in [0.25, 0.3) is 5.91 Å². The van der Waals surface area contributed by atoms with E-state index in [0.29, 0.717) is 5.75 Å². The van der Waals surface area contributed by atoms with Gasteiger partial charge in [-0.15, -0.1) is 6.58 Å². The second-order valence-electron chi connectivity index (χ2n) is 3.10. The van der Waals surface area contributed by atoms with Crippen LogP contribution in [0, 0.1) is 0 Å². The summed E-state index contributed by atoms with van der Waals surface area (Å²) in [5, 5.41) is 2.49. The van der Waals surface area contributed by atoms with Crippen LogP contribution in [0.3, 0.4) is 0 Å². The lowest BCUT2D eigenvalue weighted by molar-refractivity contribution is -0.122. The smallest absolute Gasteiger partial charge is 0.257 e. The Morgan fingerprint density at radius 1 is 1.47 bits per heavy atom. The van der Waals surface area contributed by atoms with Gasteiger partial charge in [0, 0.05) is 7.05 Å². The molecule has 0 atom stereocenters. The molecule has 0 heterocycles. The van der Waals surface area contributed by atoms with Crippen molar-refractivity contribution in [1.82, 2.24) is 5.32 Å². The van der Waals surface area contributed by atoms with Gasteiger partial charge in [0.05, 0.1) is 0 Å². The number of likely N-dealkylation sites (N-methyl/N-ethyl adjacent to an activating group) is 1. The van der Waals surface area contributed by atoms with Gasteiger partial charge in [-0.25, -0.2) is 0 Å². The third-order valence-electron chi connectivity index (χ3n) is 1.95. The van der Waals surface area contributed by atoms with Gasteiger partial charge in [-0.2, -0.15) is 0 Å². The molecule has 0 fully saturated rings. The van der Waals surface area contributed by atoms with Crippen LogP contribution in [0.5, 0.6) is 5.75 Å². The Bertz CT molecular complexity index is 330. The molecule has 1 aromatic carbocycles. The summed E-state index contributed by atoms with van der Waals surface area (Å²) in [7, 11) is 1.58. The van der Waals surface area contributed by atoms with Crippen LogP contribution in [-0.4, -0.2) is 19.6 Å². The lowest BCUT2D eigenvalue weighted by Crippen LogP contribution is -2.24. The normalized spacial score (nSPS) is 9.40. The minimum atomic E-state index is -0.134. The molecule has 0 aliphatic heterocycles. The Hall–Kier alpha value is -1.77. The topological polar surface area (TPSA) is 38.3 Å². The van der Waals surface area contributed by atoms with Gasteiger partial charge >= 0.3 is 0 Å². The molecule has 0 aliphatic rings. The Balaban J connectivity index is 2.49. The first kappa shape index (κ1) is 11.3. The molecule has 3 nitrogen and oxygen atoms in total. The summed E-state index contributed by atoms with van der Waals surface area (Å²) in [5.41, 5.74) is 1.18. The van der Waals surface area contributed by atoms with E-state index in [1.54, 1.807) is 7.05 Å². The highest BCUT2D eigenvalue weighted by Gasteiger charge is 1.99. The second-order valence-corrected chi connectivity index (χ2v) is 3.10. The van der Waals surface area contributed by atoms with Crippen molar-refractivity contribution in [3.63, 3.8) is 0 Å². The summed E-state index contributed by atoms with van der Waals surface area (Å²) in [6.07, 6.45) is 2.69. The molecule has 0 unspecified atom stereocenters. The summed E-state index contributed by atoms with van der Waals surface area (Å²) >= 11 is 0. The molecule has 1 rings (SSSR count). The fourth-order valence-electron chi connectivity index (χ4n) is 1.11. The van der Waals surface area contributed by atoms with E-state index < -0.39 is 0 Å². The number of hydrogen-bond donors (Lipinski definition) is 1. The van der Waals surface area contributed by atoms with Crippen LogP contribution in [0.4, 0.5) is 0 Å². The van der Waals surface area contributed by atoms with Crippen LogP contribution < -0.4 is 10.1 Å². The van der Waals surface area contributed by atoms with Crippen LogP contribution >= 0.6 is 0 Å². The highest BCUT2D eigenvalue weighted by molar-refractivity contribution is 5.77. The summed E-state index contributed by atoms with van der Waals surface area (Å²) in [6.45, 7) is 3.72. The van der Waals surface area contributed by atoms with E-state index in [-0.39, 0.29) is 12.5 Å². The van der Waals surface area contributed by atoms with Gasteiger partial charge < -0.3 is 10.1 Å². The van der Waals surface area contributed by atoms with Gasteiger partial charge in [-0.3, -0.25) is 4.79 Å². The van der Waals surface area contributed by atoms with E-state index >= 15 is 0 Å². The third-order valence-corrected chi connectivity index (χ3v) is 1.95. The first-order valence-electron chi connectivity index (χ1n) is 4.79. The number of carbonyl (C=O) groups is 1. The van der Waals surface area contributed by atoms with Crippen molar-refractivity contribution < 1.29 is 9.53 Å². The summed E-state index contributed by atoms with van der Waals surface area (Å²) < 4.78 is 5.25. The van der Waals surface area contributed by atoms with E-state index in [2.05, 4.69) is 11.9 Å². The Labute approximate surface area is 89.8 Å². The Kier molecular flexibility index (Phi) is 4.41. The SMILES string of the molecule is C=CCc1ccc(OCC(=O)NC)cc1. The van der Waals surface area contributed by atoms with Crippen molar-refractivity contribution in [3.8, 4) is 5.75 Å². The molecule has 80 valence electrons. The van der Waals surface area contributed by atoms with Crippen molar-refractivity contribution in [3.05, 3.63) is 42.5 Å². The summed E-state index contributed by atoms with van der Waals surface area (Å²) in [6, 6.07) is 7.62. The molecule has 15 heavy (non-hydrogen) atoms. The average molecular weight is 205 g/mol. The van der Waals surface area contributed by atoms with Gasteiger partial charge in [0.2, 0.25) is 0 Å². The molecular formula is C12H15NO2. The first-order valence-corrected chi connectivity index (χ1v) is 4.79. The predicted molar refractivity (Wildman–Crippen MR) is 59.9 cm³/mol. The molecule has 0 radical (unpaired) electrons. The number of nitrogens with one attached hydrogen (secondary N) is 1. The highest BCUT2D eigenvalue weighted by atomic mass is 16.5. The van der Waals surface area contributed by atoms with Crippen molar-refractivity contribution in [1.29, 1.82) is 0 Å². The predicted octanol–water partition coefficient (Wildman–Crippen LogP) is 1.54. The highest BCUT2D eigenvalue weighted by Crippen LogP contribution is 2.12. The quantitative estimate of drug-likeness (QED) is 0.740. The maximum Gasteiger partial charge on any atom is 0.257 e. The van der Waals surface area contributed by atoms with Crippen molar-refractivity contribution in [2.75, 3.05) is 13.7 Å². The number of carbonyl (C=O) groups excluding carboxylic acids is 1. The summed E-state index contributed by atoms with van der Waals surface area (Å²) in [4.78, 5) is 10.9. The molecule has 0 spiro atoms. The molecule has 1 amide bonds. The standard InChI is InChI=1S/C12H15NO2/c1-3-4-10-5-7-11(8-6-10)15-9-12(14)13-2/h3,5-8H,1,4,9H2,2H3,(H,13,14). The number of amides is 1. The molecule has 1 aromatic rings. The minimum absolute atomic E-state index is 0.0529. The largest absolute Gasteiger partial charge is 0.484 e. The lowest BCUT2D eigenvalue weighted by atomic mass is 10.1. The monoisotopic (exact) mass is 205 g/mol. The van der Waals surface area contributed by atoms with Gasteiger partial charge in [-0.1, -0.05) is 18.2 Å². The van der Waals surface area contributed by atoms with E-state index in [1.165, 1.54) is 5.56 Å². The maximum absolute atomic E-state index is 10.9. The first-order chi connectivity index (χ1) is 7.26. The second kappa shape index (κ2) is 5.86. The zero-order valence-corrected chi connectivity index (χ0v) is 8.82. The van der Waals surface area contributed by atoms with Crippen molar-refractivity contribution in [2.45, 2.75) is 6.42 Å². The lowest BCUT2D eigenvalue weighted by Gasteiger charge is -2.05. The Morgan fingerprint density at radius 2 is 2.13 bits per heavy atom. The number of benzene rings is 1. The fourth-order valence-corrected chi connectivity index (χ4v) is 1.11. The molecule has 1 N–H and O–H groups in total. The molecule has 0 aliphatic carbocycles. The maximum atomic E-state index is 10.9. The minimum Gasteiger partial charge on any atom is -0.484 e. The van der Waals surface area contributed by atoms with Crippen LogP contribution in [0.15, 0.2) is 36.9 Å². The fraction of sp³-hybridized carbons (Fsp3) is 0.250. The van der Waals surface area contributed by atoms with E-state index in [0.717, 1.165) is 6.42 Å². The molecule has 3 heteroatoms. The molecular weight excluding hydrogens is 190 g/mol. The van der Waals surface area contributed by atoms with Crippen molar-refractivity contribution >= 4 is 5.91 Å². The zero-order chi connectivity index (χ0) is 11.1. The zero-order valence-electron chi connectivity index (χ0n) is 8.82. The number of rotatable bonds is 5. The average Bonchev–Trinajstić information content (AvgIpc) is 2.28. The molecule has 0 aromatic heterocycles. The summed E-state index contributed by atoms with van der Waals surface area (Å²) in [5.74, 6) is 0.566.